The van der Waals surface area contributed by atoms with E-state index in [9.17, 15) is 0 Å². The van der Waals surface area contributed by atoms with Crippen molar-refractivity contribution in [3.05, 3.63) is 17.5 Å². The number of hydrogen-bond acceptors (Lipinski definition) is 4. The van der Waals surface area contributed by atoms with Crippen molar-refractivity contribution in [3.63, 3.8) is 0 Å². The van der Waals surface area contributed by atoms with Crippen LogP contribution >= 0.6 is 11.6 Å². The molecule has 3 rings (SSSR count). The van der Waals surface area contributed by atoms with Gasteiger partial charge in [-0.25, -0.2) is 9.97 Å². The van der Waals surface area contributed by atoms with Gasteiger partial charge in [-0.3, -0.25) is 0 Å². The number of anilines is 1. The number of halogens is 1. The minimum atomic E-state index is 0.490. The fourth-order valence-electron chi connectivity index (χ4n) is 3.35. The molecule has 98 valence electrons. The van der Waals surface area contributed by atoms with Crippen molar-refractivity contribution in [2.75, 3.05) is 12.4 Å². The number of piperidine rings is 2. The van der Waals surface area contributed by atoms with E-state index in [-0.39, 0.29) is 0 Å². The number of fused-ring (bicyclic) bond motifs is 2. The van der Waals surface area contributed by atoms with Crippen molar-refractivity contribution < 1.29 is 0 Å². The zero-order valence-electron chi connectivity index (χ0n) is 10.6. The third-order valence-electron chi connectivity index (χ3n) is 4.35. The first-order valence-corrected chi connectivity index (χ1v) is 7.06. The second-order valence-corrected chi connectivity index (χ2v) is 5.84. The Morgan fingerprint density at radius 3 is 2.72 bits per heavy atom. The third-order valence-corrected chi connectivity index (χ3v) is 4.62. The molecule has 2 aliphatic rings. The molecule has 0 radical (unpaired) electrons. The molecule has 0 aliphatic carbocycles. The Hall–Kier alpha value is -0.870. The zero-order valence-corrected chi connectivity index (χ0v) is 11.4. The van der Waals surface area contributed by atoms with Crippen molar-refractivity contribution in [1.29, 1.82) is 0 Å². The zero-order chi connectivity index (χ0) is 12.5. The number of hydrogen-bond donors (Lipinski definition) is 1. The molecule has 2 atom stereocenters. The Balaban J connectivity index is 1.70. The maximum Gasteiger partial charge on any atom is 0.148 e. The Kier molecular flexibility index (Phi) is 3.39. The van der Waals surface area contributed by atoms with Gasteiger partial charge in [0.25, 0.3) is 0 Å². The highest BCUT2D eigenvalue weighted by Crippen LogP contribution is 2.34. The standard InChI is InChI=1S/C13H19ClN4/c1-18-10-3-2-4-11(18)6-9(5-10)17-13-12(14)7-15-8-16-13/h7-11H,2-6H2,1H3,(H,15,16,17). The van der Waals surface area contributed by atoms with Crippen molar-refractivity contribution in [1.82, 2.24) is 14.9 Å². The minimum absolute atomic E-state index is 0.490. The van der Waals surface area contributed by atoms with Gasteiger partial charge >= 0.3 is 0 Å². The minimum Gasteiger partial charge on any atom is -0.366 e. The van der Waals surface area contributed by atoms with Gasteiger partial charge in [0.2, 0.25) is 0 Å². The van der Waals surface area contributed by atoms with Crippen molar-refractivity contribution >= 4 is 17.4 Å². The topological polar surface area (TPSA) is 41.0 Å². The van der Waals surface area contributed by atoms with Crippen molar-refractivity contribution in [3.8, 4) is 0 Å². The number of aromatic nitrogens is 2. The van der Waals surface area contributed by atoms with Crippen LogP contribution in [0.4, 0.5) is 5.82 Å². The van der Waals surface area contributed by atoms with Gasteiger partial charge in [-0.15, -0.1) is 0 Å². The van der Waals surface area contributed by atoms with Crippen LogP contribution in [0.25, 0.3) is 0 Å². The van der Waals surface area contributed by atoms with Crippen LogP contribution < -0.4 is 5.32 Å². The lowest BCUT2D eigenvalue weighted by atomic mass is 9.82. The second kappa shape index (κ2) is 5.02. The lowest BCUT2D eigenvalue weighted by Gasteiger charge is -2.47. The molecule has 1 aromatic rings. The summed E-state index contributed by atoms with van der Waals surface area (Å²) in [5, 5.41) is 4.10. The van der Waals surface area contributed by atoms with Crippen LogP contribution in [0, 0.1) is 0 Å². The molecule has 2 bridgehead atoms. The highest BCUT2D eigenvalue weighted by atomic mass is 35.5. The summed E-state index contributed by atoms with van der Waals surface area (Å²) in [7, 11) is 2.27. The van der Waals surface area contributed by atoms with Crippen LogP contribution in [0.2, 0.25) is 5.02 Å². The molecule has 18 heavy (non-hydrogen) atoms. The predicted molar refractivity (Wildman–Crippen MR) is 72.9 cm³/mol. The van der Waals surface area contributed by atoms with Crippen LogP contribution in [0.3, 0.4) is 0 Å². The molecule has 1 aromatic heterocycles. The van der Waals surface area contributed by atoms with Crippen LogP contribution in [0.1, 0.15) is 32.1 Å². The van der Waals surface area contributed by atoms with Gasteiger partial charge in [0.05, 0.1) is 6.20 Å². The highest BCUT2D eigenvalue weighted by Gasteiger charge is 2.36. The quantitative estimate of drug-likeness (QED) is 0.893. The van der Waals surface area contributed by atoms with E-state index < -0.39 is 0 Å². The van der Waals surface area contributed by atoms with E-state index in [2.05, 4.69) is 27.2 Å². The SMILES string of the molecule is CN1C2CCCC1CC(Nc1ncncc1Cl)C2. The number of nitrogens with zero attached hydrogens (tertiary/aromatic N) is 3. The molecule has 4 nitrogen and oxygen atoms in total. The number of nitrogens with one attached hydrogen (secondary N) is 1. The Morgan fingerprint density at radius 1 is 1.33 bits per heavy atom. The molecule has 2 aliphatic heterocycles. The van der Waals surface area contributed by atoms with E-state index in [1.165, 1.54) is 32.1 Å². The second-order valence-electron chi connectivity index (χ2n) is 5.44. The largest absolute Gasteiger partial charge is 0.366 e. The van der Waals surface area contributed by atoms with E-state index in [0.29, 0.717) is 11.1 Å². The third kappa shape index (κ3) is 2.31. The van der Waals surface area contributed by atoms with Gasteiger partial charge in [0.15, 0.2) is 0 Å². The number of rotatable bonds is 2. The lowest BCUT2D eigenvalue weighted by molar-refractivity contribution is 0.0608. The Morgan fingerprint density at radius 2 is 2.06 bits per heavy atom. The van der Waals surface area contributed by atoms with Crippen LogP contribution in [-0.4, -0.2) is 40.0 Å². The summed E-state index contributed by atoms with van der Waals surface area (Å²) in [5.41, 5.74) is 0. The Labute approximate surface area is 113 Å². The van der Waals surface area contributed by atoms with Crippen molar-refractivity contribution in [2.24, 2.45) is 0 Å². The lowest BCUT2D eigenvalue weighted by Crippen LogP contribution is -2.52. The molecule has 0 saturated carbocycles. The molecule has 2 saturated heterocycles. The Bertz CT molecular complexity index is 411. The van der Waals surface area contributed by atoms with E-state index >= 15 is 0 Å². The molecule has 0 spiro atoms. The van der Waals surface area contributed by atoms with Gasteiger partial charge in [-0.1, -0.05) is 18.0 Å². The molecule has 2 fully saturated rings. The smallest absolute Gasteiger partial charge is 0.148 e. The molecular formula is C13H19ClN4. The molecule has 0 aromatic carbocycles. The van der Waals surface area contributed by atoms with E-state index in [4.69, 9.17) is 11.6 Å². The first-order valence-electron chi connectivity index (χ1n) is 6.68. The maximum absolute atomic E-state index is 6.09. The summed E-state index contributed by atoms with van der Waals surface area (Å²) >= 11 is 6.09. The fourth-order valence-corrected chi connectivity index (χ4v) is 3.51. The van der Waals surface area contributed by atoms with Gasteiger partial charge in [-0.05, 0) is 32.7 Å². The molecule has 2 unspecified atom stereocenters. The van der Waals surface area contributed by atoms with Gasteiger partial charge in [0, 0.05) is 18.1 Å². The summed E-state index contributed by atoms with van der Waals surface area (Å²) < 4.78 is 0. The van der Waals surface area contributed by atoms with Crippen molar-refractivity contribution in [2.45, 2.75) is 50.2 Å². The summed E-state index contributed by atoms with van der Waals surface area (Å²) in [6, 6.07) is 1.93. The first-order chi connectivity index (χ1) is 8.74. The van der Waals surface area contributed by atoms with Gasteiger partial charge in [0.1, 0.15) is 17.2 Å². The molecule has 0 amide bonds. The van der Waals surface area contributed by atoms with Crippen LogP contribution in [-0.2, 0) is 0 Å². The molecule has 5 heteroatoms. The molecule has 3 heterocycles. The summed E-state index contributed by atoms with van der Waals surface area (Å²) in [6.45, 7) is 0. The van der Waals surface area contributed by atoms with Gasteiger partial charge in [-0.2, -0.15) is 0 Å². The predicted octanol–water partition coefficient (Wildman–Crippen LogP) is 2.56. The van der Waals surface area contributed by atoms with E-state index in [1.807, 2.05) is 0 Å². The average molecular weight is 267 g/mol. The first kappa shape index (κ1) is 12.2. The summed E-state index contributed by atoms with van der Waals surface area (Å²) in [4.78, 5) is 10.7. The average Bonchev–Trinajstić information content (AvgIpc) is 2.33. The van der Waals surface area contributed by atoms with Crippen LogP contribution in [0.15, 0.2) is 12.5 Å². The maximum atomic E-state index is 6.09. The normalized spacial score (nSPS) is 32.2. The molecule has 1 N–H and O–H groups in total. The van der Waals surface area contributed by atoms with Crippen LogP contribution in [0.5, 0.6) is 0 Å². The monoisotopic (exact) mass is 266 g/mol. The fraction of sp³-hybridized carbons (Fsp3) is 0.692. The summed E-state index contributed by atoms with van der Waals surface area (Å²) in [6.07, 6.45) is 9.59. The van der Waals surface area contributed by atoms with E-state index in [1.54, 1.807) is 12.5 Å². The van der Waals surface area contributed by atoms with Gasteiger partial charge < -0.3 is 10.2 Å². The van der Waals surface area contributed by atoms with E-state index in [0.717, 1.165) is 17.9 Å². The molecular weight excluding hydrogens is 248 g/mol. The summed E-state index contributed by atoms with van der Waals surface area (Å²) in [5.74, 6) is 0.777. The highest BCUT2D eigenvalue weighted by molar-refractivity contribution is 6.32.